The number of unbranched alkanes of at least 4 members (excludes halogenated alkanes) is 2. The second-order valence-electron chi connectivity index (χ2n) is 3.35. The van der Waals surface area contributed by atoms with Crippen LogP contribution in [-0.4, -0.2) is 23.7 Å². The summed E-state index contributed by atoms with van der Waals surface area (Å²) in [5.74, 6) is -0.0251. The number of aliphatic hydroxyl groups excluding tert-OH is 1. The van der Waals surface area contributed by atoms with Crippen molar-refractivity contribution in [2.24, 2.45) is 0 Å². The molecule has 4 heteroatoms. The Kier molecular flexibility index (Phi) is 7.86. The molecule has 0 spiro atoms. The molecule has 0 aliphatic heterocycles. The standard InChI is InChI=1S/C10H18N2O2/c1-9(13)5-6-10(14)12-8-4-2-3-7-11/h9,13H,2-6,8H2,1H3,(H,12,14). The molecule has 0 aromatic carbocycles. The summed E-state index contributed by atoms with van der Waals surface area (Å²) < 4.78 is 0. The van der Waals surface area contributed by atoms with Crippen molar-refractivity contribution >= 4 is 5.91 Å². The van der Waals surface area contributed by atoms with Gasteiger partial charge in [-0.2, -0.15) is 5.26 Å². The Hall–Kier alpha value is -1.08. The zero-order valence-electron chi connectivity index (χ0n) is 8.62. The lowest BCUT2D eigenvalue weighted by atomic mass is 10.2. The summed E-state index contributed by atoms with van der Waals surface area (Å²) in [7, 11) is 0. The molecule has 1 amide bonds. The smallest absolute Gasteiger partial charge is 0.220 e. The number of carbonyl (C=O) groups is 1. The van der Waals surface area contributed by atoms with Gasteiger partial charge in [-0.3, -0.25) is 4.79 Å². The van der Waals surface area contributed by atoms with Crippen LogP contribution in [0.5, 0.6) is 0 Å². The molecule has 0 aliphatic carbocycles. The molecule has 0 saturated heterocycles. The van der Waals surface area contributed by atoms with Gasteiger partial charge in [-0.25, -0.2) is 0 Å². The molecule has 1 unspecified atom stereocenters. The molecule has 0 aromatic heterocycles. The van der Waals surface area contributed by atoms with Gasteiger partial charge in [0.15, 0.2) is 0 Å². The highest BCUT2D eigenvalue weighted by Crippen LogP contribution is 1.96. The number of nitriles is 1. The van der Waals surface area contributed by atoms with Crippen LogP contribution in [0.1, 0.15) is 39.0 Å². The van der Waals surface area contributed by atoms with Gasteiger partial charge in [-0.15, -0.1) is 0 Å². The number of hydrogen-bond acceptors (Lipinski definition) is 3. The summed E-state index contributed by atoms with van der Waals surface area (Å²) >= 11 is 0. The van der Waals surface area contributed by atoms with Crippen molar-refractivity contribution in [1.29, 1.82) is 5.26 Å². The molecule has 0 bridgehead atoms. The van der Waals surface area contributed by atoms with Gasteiger partial charge >= 0.3 is 0 Å². The second-order valence-corrected chi connectivity index (χ2v) is 3.35. The van der Waals surface area contributed by atoms with E-state index in [2.05, 4.69) is 11.4 Å². The van der Waals surface area contributed by atoms with Crippen LogP contribution in [0.25, 0.3) is 0 Å². The van der Waals surface area contributed by atoms with Crippen molar-refractivity contribution in [3.8, 4) is 6.07 Å². The average molecular weight is 198 g/mol. The Morgan fingerprint density at radius 3 is 2.86 bits per heavy atom. The third-order valence-corrected chi connectivity index (χ3v) is 1.83. The largest absolute Gasteiger partial charge is 0.393 e. The molecule has 0 radical (unpaired) electrons. The van der Waals surface area contributed by atoms with Crippen LogP contribution >= 0.6 is 0 Å². The Morgan fingerprint density at radius 1 is 1.57 bits per heavy atom. The van der Waals surface area contributed by atoms with E-state index in [0.29, 0.717) is 25.8 Å². The van der Waals surface area contributed by atoms with Crippen molar-refractivity contribution in [2.75, 3.05) is 6.54 Å². The van der Waals surface area contributed by atoms with Gasteiger partial charge in [-0.1, -0.05) is 0 Å². The SMILES string of the molecule is CC(O)CCC(=O)NCCCCC#N. The van der Waals surface area contributed by atoms with Crippen molar-refractivity contribution in [1.82, 2.24) is 5.32 Å². The molecule has 14 heavy (non-hydrogen) atoms. The number of rotatable bonds is 7. The number of amides is 1. The normalized spacial score (nSPS) is 11.8. The number of hydrogen-bond donors (Lipinski definition) is 2. The second kappa shape index (κ2) is 8.52. The van der Waals surface area contributed by atoms with E-state index >= 15 is 0 Å². The summed E-state index contributed by atoms with van der Waals surface area (Å²) in [5.41, 5.74) is 0. The molecule has 0 aromatic rings. The van der Waals surface area contributed by atoms with Crippen molar-refractivity contribution in [2.45, 2.75) is 45.1 Å². The highest BCUT2D eigenvalue weighted by atomic mass is 16.3. The first-order valence-corrected chi connectivity index (χ1v) is 4.98. The maximum atomic E-state index is 11.1. The lowest BCUT2D eigenvalue weighted by Gasteiger charge is -2.05. The van der Waals surface area contributed by atoms with Gasteiger partial charge in [0.2, 0.25) is 5.91 Å². The molecule has 0 aliphatic rings. The first-order valence-electron chi connectivity index (χ1n) is 4.98. The molecule has 1 atom stereocenters. The molecular formula is C10H18N2O2. The van der Waals surface area contributed by atoms with E-state index in [1.54, 1.807) is 6.92 Å². The van der Waals surface area contributed by atoms with Crippen LogP contribution < -0.4 is 5.32 Å². The lowest BCUT2D eigenvalue weighted by molar-refractivity contribution is -0.121. The highest BCUT2D eigenvalue weighted by Gasteiger charge is 2.02. The van der Waals surface area contributed by atoms with Crippen LogP contribution in [0.3, 0.4) is 0 Å². The summed E-state index contributed by atoms with van der Waals surface area (Å²) in [6.07, 6.45) is 2.67. The Bertz CT molecular complexity index is 197. The van der Waals surface area contributed by atoms with Gasteiger partial charge in [0.05, 0.1) is 12.2 Å². The Labute approximate surface area is 84.9 Å². The fourth-order valence-electron chi connectivity index (χ4n) is 0.985. The summed E-state index contributed by atoms with van der Waals surface area (Å²) in [4.78, 5) is 11.1. The number of carbonyl (C=O) groups excluding carboxylic acids is 1. The van der Waals surface area contributed by atoms with E-state index < -0.39 is 6.10 Å². The van der Waals surface area contributed by atoms with Crippen LogP contribution in [-0.2, 0) is 4.79 Å². The zero-order valence-corrected chi connectivity index (χ0v) is 8.62. The van der Waals surface area contributed by atoms with E-state index in [0.717, 1.165) is 12.8 Å². The molecule has 4 nitrogen and oxygen atoms in total. The molecule has 0 rings (SSSR count). The van der Waals surface area contributed by atoms with Gasteiger partial charge in [0.1, 0.15) is 0 Å². The van der Waals surface area contributed by atoms with Crippen molar-refractivity contribution in [3.05, 3.63) is 0 Å². The third kappa shape index (κ3) is 9.01. The maximum Gasteiger partial charge on any atom is 0.220 e. The topological polar surface area (TPSA) is 73.1 Å². The maximum absolute atomic E-state index is 11.1. The molecule has 80 valence electrons. The highest BCUT2D eigenvalue weighted by molar-refractivity contribution is 5.75. The van der Waals surface area contributed by atoms with E-state index in [1.807, 2.05) is 0 Å². The van der Waals surface area contributed by atoms with Crippen molar-refractivity contribution < 1.29 is 9.90 Å². The van der Waals surface area contributed by atoms with Gasteiger partial charge < -0.3 is 10.4 Å². The molecule has 0 saturated carbocycles. The summed E-state index contributed by atoms with van der Waals surface area (Å²) in [6, 6.07) is 2.05. The van der Waals surface area contributed by atoms with E-state index in [1.165, 1.54) is 0 Å². The summed E-state index contributed by atoms with van der Waals surface area (Å²) in [6.45, 7) is 2.29. The Morgan fingerprint density at radius 2 is 2.29 bits per heavy atom. The van der Waals surface area contributed by atoms with E-state index in [9.17, 15) is 4.79 Å². The van der Waals surface area contributed by atoms with Crippen LogP contribution in [0.4, 0.5) is 0 Å². The number of aliphatic hydroxyl groups is 1. The molecule has 0 fully saturated rings. The molecule has 2 N–H and O–H groups in total. The monoisotopic (exact) mass is 198 g/mol. The summed E-state index contributed by atoms with van der Waals surface area (Å²) in [5, 5.41) is 19.9. The zero-order chi connectivity index (χ0) is 10.8. The predicted octanol–water partition coefficient (Wildman–Crippen LogP) is 0.957. The first kappa shape index (κ1) is 12.9. The predicted molar refractivity (Wildman–Crippen MR) is 53.4 cm³/mol. The van der Waals surface area contributed by atoms with Gasteiger partial charge in [-0.05, 0) is 26.2 Å². The average Bonchev–Trinajstić information content (AvgIpc) is 2.14. The van der Waals surface area contributed by atoms with Crippen LogP contribution in [0, 0.1) is 11.3 Å². The minimum absolute atomic E-state index is 0.0251. The van der Waals surface area contributed by atoms with Crippen LogP contribution in [0.2, 0.25) is 0 Å². The Balaban J connectivity index is 3.24. The number of nitrogens with zero attached hydrogens (tertiary/aromatic N) is 1. The van der Waals surface area contributed by atoms with Crippen molar-refractivity contribution in [3.63, 3.8) is 0 Å². The number of nitrogens with one attached hydrogen (secondary N) is 1. The van der Waals surface area contributed by atoms with Gasteiger partial charge in [0.25, 0.3) is 0 Å². The fourth-order valence-corrected chi connectivity index (χ4v) is 0.985. The lowest BCUT2D eigenvalue weighted by Crippen LogP contribution is -2.25. The quantitative estimate of drug-likeness (QED) is 0.598. The van der Waals surface area contributed by atoms with E-state index in [-0.39, 0.29) is 5.91 Å². The first-order chi connectivity index (χ1) is 6.66. The minimum atomic E-state index is -0.417. The fraction of sp³-hybridized carbons (Fsp3) is 0.800. The van der Waals surface area contributed by atoms with Crippen LogP contribution in [0.15, 0.2) is 0 Å². The molecular weight excluding hydrogens is 180 g/mol. The third-order valence-electron chi connectivity index (χ3n) is 1.83. The van der Waals surface area contributed by atoms with Gasteiger partial charge in [0, 0.05) is 19.4 Å². The minimum Gasteiger partial charge on any atom is -0.393 e. The molecule has 0 heterocycles. The van der Waals surface area contributed by atoms with E-state index in [4.69, 9.17) is 10.4 Å².